The van der Waals surface area contributed by atoms with Crippen LogP contribution >= 0.6 is 0 Å². The van der Waals surface area contributed by atoms with Gasteiger partial charge in [-0.1, -0.05) is 18.7 Å². The number of allylic oxidation sites excluding steroid dienone is 2. The predicted octanol–water partition coefficient (Wildman–Crippen LogP) is 3.95. The lowest BCUT2D eigenvalue weighted by Gasteiger charge is -2.25. The van der Waals surface area contributed by atoms with Crippen molar-refractivity contribution in [2.24, 2.45) is 17.8 Å². The van der Waals surface area contributed by atoms with Crippen LogP contribution in [0.5, 0.6) is 0 Å². The second kappa shape index (κ2) is 4.16. The summed E-state index contributed by atoms with van der Waals surface area (Å²) in [5.74, 6) is 2.74. The van der Waals surface area contributed by atoms with Gasteiger partial charge >= 0.3 is 0 Å². The maximum atomic E-state index is 5.65. The van der Waals surface area contributed by atoms with Gasteiger partial charge in [0.2, 0.25) is 8.32 Å². The first-order chi connectivity index (χ1) is 7.11. The summed E-state index contributed by atoms with van der Waals surface area (Å²) < 4.78 is 5.65. The zero-order valence-electron chi connectivity index (χ0n) is 9.91. The molecule has 1 nitrogen and oxygen atoms in total. The molecule has 0 aromatic carbocycles. The van der Waals surface area contributed by atoms with E-state index in [1.807, 2.05) is 0 Å². The molecule has 84 valence electrons. The zero-order valence-corrected chi connectivity index (χ0v) is 10.9. The minimum Gasteiger partial charge on any atom is -0.550 e. The highest BCUT2D eigenvalue weighted by Crippen LogP contribution is 2.45. The van der Waals surface area contributed by atoms with E-state index in [4.69, 9.17) is 4.43 Å². The van der Waals surface area contributed by atoms with Crippen LogP contribution in [0.4, 0.5) is 0 Å². The van der Waals surface area contributed by atoms with Gasteiger partial charge in [0, 0.05) is 0 Å². The van der Waals surface area contributed by atoms with Crippen LogP contribution in [0.2, 0.25) is 19.1 Å². The summed E-state index contributed by atoms with van der Waals surface area (Å²) in [6.07, 6.45) is 10.7. The van der Waals surface area contributed by atoms with Crippen LogP contribution in [0.3, 0.4) is 0 Å². The summed E-state index contributed by atoms with van der Waals surface area (Å²) in [5.41, 5.74) is 0. The second-order valence-electron chi connectivity index (χ2n) is 5.62. The Balaban J connectivity index is 1.79. The van der Waals surface area contributed by atoms with Gasteiger partial charge in [-0.2, -0.15) is 0 Å². The molecule has 0 N–H and O–H groups in total. The average molecular weight is 222 g/mol. The summed E-state index contributed by atoms with van der Waals surface area (Å²) >= 11 is 0. The van der Waals surface area contributed by atoms with Gasteiger partial charge in [-0.15, -0.1) is 0 Å². The monoisotopic (exact) mass is 222 g/mol. The molecule has 2 heteroatoms. The molecule has 0 aliphatic heterocycles. The topological polar surface area (TPSA) is 9.23 Å². The molecule has 3 unspecified atom stereocenters. The van der Waals surface area contributed by atoms with Gasteiger partial charge in [0.05, 0.1) is 6.26 Å². The van der Waals surface area contributed by atoms with Crippen molar-refractivity contribution in [1.82, 2.24) is 0 Å². The molecule has 0 heterocycles. The Morgan fingerprint density at radius 1 is 1.40 bits per heavy atom. The molecule has 2 bridgehead atoms. The summed E-state index contributed by atoms with van der Waals surface area (Å²) in [6, 6.07) is 1.28. The largest absolute Gasteiger partial charge is 0.550 e. The van der Waals surface area contributed by atoms with Crippen LogP contribution in [0.25, 0.3) is 0 Å². The Bertz CT molecular complexity index is 270. The van der Waals surface area contributed by atoms with Crippen molar-refractivity contribution in [2.75, 3.05) is 0 Å². The quantitative estimate of drug-likeness (QED) is 0.389. The molecule has 0 aromatic heterocycles. The number of hydrogen-bond acceptors (Lipinski definition) is 1. The molecule has 3 atom stereocenters. The van der Waals surface area contributed by atoms with Crippen molar-refractivity contribution in [3.05, 3.63) is 25.0 Å². The molecule has 0 amide bonds. The molecule has 0 spiro atoms. The van der Waals surface area contributed by atoms with Crippen LogP contribution in [0.1, 0.15) is 19.3 Å². The minimum absolute atomic E-state index is 0.892. The normalized spacial score (nSPS) is 33.3. The van der Waals surface area contributed by atoms with Crippen LogP contribution < -0.4 is 0 Å². The van der Waals surface area contributed by atoms with Crippen molar-refractivity contribution in [1.29, 1.82) is 0 Å². The molecule has 15 heavy (non-hydrogen) atoms. The highest BCUT2D eigenvalue weighted by atomic mass is 28.4. The van der Waals surface area contributed by atoms with E-state index in [-0.39, 0.29) is 0 Å². The molecule has 1 saturated carbocycles. The predicted molar refractivity (Wildman–Crippen MR) is 67.0 cm³/mol. The van der Waals surface area contributed by atoms with Crippen LogP contribution in [0, 0.1) is 17.8 Å². The van der Waals surface area contributed by atoms with Crippen molar-refractivity contribution >= 4 is 8.32 Å². The lowest BCUT2D eigenvalue weighted by atomic mass is 9.91. The standard InChI is InChI=1S/C13H22OSi/c1-4-14-15(2,3)8-7-13-10-11-5-6-12(13)9-11/h4-6,11-13H,1,7-10H2,2-3H3. The Morgan fingerprint density at radius 2 is 2.20 bits per heavy atom. The molecular weight excluding hydrogens is 200 g/mol. The number of hydrogen-bond donors (Lipinski definition) is 0. The molecule has 0 radical (unpaired) electrons. The van der Waals surface area contributed by atoms with Gasteiger partial charge < -0.3 is 4.43 Å². The van der Waals surface area contributed by atoms with Crippen LogP contribution in [-0.2, 0) is 4.43 Å². The first kappa shape index (κ1) is 11.0. The molecule has 1 fully saturated rings. The second-order valence-corrected chi connectivity index (χ2v) is 9.88. The van der Waals surface area contributed by atoms with E-state index in [2.05, 4.69) is 31.8 Å². The smallest absolute Gasteiger partial charge is 0.244 e. The van der Waals surface area contributed by atoms with E-state index >= 15 is 0 Å². The fraction of sp³-hybridized carbons (Fsp3) is 0.692. The molecule has 0 aromatic rings. The fourth-order valence-electron chi connectivity index (χ4n) is 3.04. The number of fused-ring (bicyclic) bond motifs is 2. The fourth-order valence-corrected chi connectivity index (χ4v) is 4.68. The third-order valence-electron chi connectivity index (χ3n) is 3.94. The van der Waals surface area contributed by atoms with Crippen molar-refractivity contribution < 1.29 is 4.43 Å². The zero-order chi connectivity index (χ0) is 10.9. The third kappa shape index (κ3) is 2.54. The van der Waals surface area contributed by atoms with E-state index in [1.54, 1.807) is 6.26 Å². The van der Waals surface area contributed by atoms with Gasteiger partial charge in [0.1, 0.15) is 0 Å². The van der Waals surface area contributed by atoms with Crippen molar-refractivity contribution in [3.8, 4) is 0 Å². The van der Waals surface area contributed by atoms with E-state index in [0.29, 0.717) is 0 Å². The Kier molecular flexibility index (Phi) is 3.05. The van der Waals surface area contributed by atoms with E-state index < -0.39 is 8.32 Å². The highest BCUT2D eigenvalue weighted by Gasteiger charge is 2.36. The van der Waals surface area contributed by atoms with E-state index in [0.717, 1.165) is 17.8 Å². The highest BCUT2D eigenvalue weighted by molar-refractivity contribution is 6.71. The molecule has 2 aliphatic rings. The van der Waals surface area contributed by atoms with Gasteiger partial charge in [-0.25, -0.2) is 0 Å². The SMILES string of the molecule is C=CO[Si](C)(C)CCC1CC2C=CC1C2. The Labute approximate surface area is 94.3 Å². The van der Waals surface area contributed by atoms with E-state index in [9.17, 15) is 0 Å². The van der Waals surface area contributed by atoms with Crippen LogP contribution in [0.15, 0.2) is 25.0 Å². The van der Waals surface area contributed by atoms with Crippen molar-refractivity contribution in [3.63, 3.8) is 0 Å². The first-order valence-corrected chi connectivity index (χ1v) is 9.19. The van der Waals surface area contributed by atoms with Gasteiger partial charge in [0.25, 0.3) is 0 Å². The van der Waals surface area contributed by atoms with E-state index in [1.165, 1.54) is 25.3 Å². The number of rotatable bonds is 5. The summed E-state index contributed by atoms with van der Waals surface area (Å²) in [7, 11) is -1.44. The lowest BCUT2D eigenvalue weighted by molar-refractivity contribution is 0.411. The molecule has 2 aliphatic carbocycles. The lowest BCUT2D eigenvalue weighted by Crippen LogP contribution is -2.28. The van der Waals surface area contributed by atoms with Gasteiger partial charge in [-0.05, 0) is 56.2 Å². The molecule has 2 rings (SSSR count). The van der Waals surface area contributed by atoms with Crippen LogP contribution in [-0.4, -0.2) is 8.32 Å². The first-order valence-electron chi connectivity index (χ1n) is 6.08. The van der Waals surface area contributed by atoms with Gasteiger partial charge in [0.15, 0.2) is 0 Å². The third-order valence-corrected chi connectivity index (χ3v) is 6.23. The van der Waals surface area contributed by atoms with Gasteiger partial charge in [-0.3, -0.25) is 0 Å². The molecule has 0 saturated heterocycles. The Hall–Kier alpha value is -0.503. The summed E-state index contributed by atoms with van der Waals surface area (Å²) in [5, 5.41) is 0. The van der Waals surface area contributed by atoms with Crippen molar-refractivity contribution in [2.45, 2.75) is 38.4 Å². The summed E-state index contributed by atoms with van der Waals surface area (Å²) in [6.45, 7) is 8.24. The Morgan fingerprint density at radius 3 is 2.73 bits per heavy atom. The average Bonchev–Trinajstić information content (AvgIpc) is 2.75. The maximum Gasteiger partial charge on any atom is 0.244 e. The molecular formula is C13H22OSi. The summed E-state index contributed by atoms with van der Waals surface area (Å²) in [4.78, 5) is 0. The maximum absolute atomic E-state index is 5.65. The minimum atomic E-state index is -1.44.